The Morgan fingerprint density at radius 1 is 0.588 bits per heavy atom. The van der Waals surface area contributed by atoms with Crippen LogP contribution >= 0.6 is 0 Å². The third kappa shape index (κ3) is 5.73. The number of hydrogen-bond donors (Lipinski definition) is 0. The summed E-state index contributed by atoms with van der Waals surface area (Å²) in [5, 5.41) is 0. The Morgan fingerprint density at radius 2 is 1.15 bits per heavy atom. The monoisotopic (exact) mass is 461 g/mol. The maximum atomic E-state index is 14.7. The lowest BCUT2D eigenvalue weighted by molar-refractivity contribution is -0.132. The summed E-state index contributed by atoms with van der Waals surface area (Å²) in [5.41, 5.74) is 6.43. The third-order valence-corrected chi connectivity index (χ3v) is 10.1. The highest BCUT2D eigenvalue weighted by Gasteiger charge is 2.44. The molecule has 5 rings (SSSR count). The van der Waals surface area contributed by atoms with Crippen molar-refractivity contribution in [3.63, 3.8) is 0 Å². The molecule has 2 aliphatic heterocycles. The second-order valence-electron chi connectivity index (χ2n) is 12.5. The lowest BCUT2D eigenvalue weighted by Crippen LogP contribution is -2.40. The number of hydrogen-bond acceptors (Lipinski definition) is 1. The average Bonchev–Trinajstić information content (AvgIpc) is 2.90. The van der Waals surface area contributed by atoms with Crippen molar-refractivity contribution in [3.8, 4) is 0 Å². The Labute approximate surface area is 211 Å². The molecule has 3 aliphatic carbocycles. The molecule has 0 spiro atoms. The normalized spacial score (nSPS) is 32.4. The van der Waals surface area contributed by atoms with Gasteiger partial charge in [0.05, 0.1) is 0 Å². The molecule has 0 aromatic heterocycles. The van der Waals surface area contributed by atoms with Crippen LogP contribution in [0.3, 0.4) is 0 Å². The summed E-state index contributed by atoms with van der Waals surface area (Å²) in [6, 6.07) is 0. The molecule has 3 unspecified atom stereocenters. The summed E-state index contributed by atoms with van der Waals surface area (Å²) in [6.07, 6.45) is 29.2. The first-order valence-electron chi connectivity index (χ1n) is 15.6. The summed E-state index contributed by atoms with van der Waals surface area (Å²) >= 11 is 0. The van der Waals surface area contributed by atoms with Gasteiger partial charge in [0.25, 0.3) is 0 Å². The van der Waals surface area contributed by atoms with E-state index in [1.54, 1.807) is 16.6 Å². The minimum atomic E-state index is 0.281. The van der Waals surface area contributed by atoms with Crippen molar-refractivity contribution in [2.45, 2.75) is 153 Å². The van der Waals surface area contributed by atoms with Gasteiger partial charge in [-0.25, -0.2) is 0 Å². The van der Waals surface area contributed by atoms with Crippen molar-refractivity contribution in [1.82, 2.24) is 4.90 Å². The zero-order chi connectivity index (χ0) is 23.2. The summed E-state index contributed by atoms with van der Waals surface area (Å²) in [6.45, 7) is 0. The van der Waals surface area contributed by atoms with E-state index in [0.717, 1.165) is 12.8 Å². The molecule has 186 valence electrons. The highest BCUT2D eigenvalue weighted by atomic mass is 16.2. The van der Waals surface area contributed by atoms with Crippen LogP contribution in [0, 0.1) is 5.92 Å². The molecule has 34 heavy (non-hydrogen) atoms. The van der Waals surface area contributed by atoms with E-state index in [1.807, 2.05) is 0 Å². The van der Waals surface area contributed by atoms with Gasteiger partial charge in [0.15, 0.2) is 7.28 Å². The lowest BCUT2D eigenvalue weighted by Gasteiger charge is -2.40. The van der Waals surface area contributed by atoms with E-state index in [-0.39, 0.29) is 5.92 Å². The number of carbonyl (C=O) groups is 1. The second-order valence-corrected chi connectivity index (χ2v) is 12.5. The number of carbonyl (C=O) groups excluding carboxylic acids is 1. The van der Waals surface area contributed by atoms with Gasteiger partial charge in [-0.05, 0) is 37.9 Å². The van der Waals surface area contributed by atoms with Crippen LogP contribution in [0.2, 0.25) is 11.6 Å². The van der Waals surface area contributed by atoms with Crippen molar-refractivity contribution in [2.75, 3.05) is 0 Å². The first-order chi connectivity index (χ1) is 16.8. The maximum Gasteiger partial charge on any atom is 0.233 e. The Hall–Kier alpha value is -0.920. The van der Waals surface area contributed by atoms with Gasteiger partial charge in [0, 0.05) is 17.3 Å². The molecule has 4 heteroatoms. The number of allylic oxidation sites excluding steroid dienone is 4. The number of fused-ring (bicyclic) bond motifs is 2. The quantitative estimate of drug-likeness (QED) is 0.335. The zero-order valence-corrected chi connectivity index (χ0v) is 22.1. The van der Waals surface area contributed by atoms with Gasteiger partial charge in [-0.2, -0.15) is 0 Å². The van der Waals surface area contributed by atoms with Crippen LogP contribution in [-0.4, -0.2) is 25.4 Å². The molecular formula is C30H49B2NO. The predicted octanol–water partition coefficient (Wildman–Crippen LogP) is 7.95. The molecule has 1 saturated carbocycles. The van der Waals surface area contributed by atoms with E-state index in [9.17, 15) is 4.79 Å². The number of nitrogens with zero attached hydrogens (tertiary/aromatic N) is 1. The van der Waals surface area contributed by atoms with Crippen molar-refractivity contribution >= 4 is 20.5 Å². The molecular weight excluding hydrogens is 412 g/mol. The van der Waals surface area contributed by atoms with Gasteiger partial charge >= 0.3 is 0 Å². The Balaban J connectivity index is 1.56. The van der Waals surface area contributed by atoms with Crippen molar-refractivity contribution in [2.24, 2.45) is 5.92 Å². The summed E-state index contributed by atoms with van der Waals surface area (Å²) in [7, 11) is 2.51. The molecule has 5 aliphatic rings. The highest BCUT2D eigenvalue weighted by molar-refractivity contribution is 6.55. The van der Waals surface area contributed by atoms with Crippen LogP contribution in [0.4, 0.5) is 0 Å². The van der Waals surface area contributed by atoms with E-state index in [0.29, 0.717) is 17.5 Å². The fourth-order valence-corrected chi connectivity index (χ4v) is 8.21. The smallest absolute Gasteiger partial charge is 0.233 e. The minimum absolute atomic E-state index is 0.281. The van der Waals surface area contributed by atoms with Crippen molar-refractivity contribution in [3.05, 3.63) is 22.3 Å². The van der Waals surface area contributed by atoms with Crippen LogP contribution in [0.1, 0.15) is 141 Å². The van der Waals surface area contributed by atoms with Crippen LogP contribution in [0.15, 0.2) is 22.3 Å². The van der Waals surface area contributed by atoms with E-state index in [4.69, 9.17) is 0 Å². The maximum absolute atomic E-state index is 14.7. The minimum Gasteiger partial charge on any atom is -0.291 e. The molecule has 2 nitrogen and oxygen atoms in total. The van der Waals surface area contributed by atoms with E-state index >= 15 is 0 Å². The molecule has 0 N–H and O–H groups in total. The SMILES string of the molecule is O=C1C2CCCCCCCCC2BC2CCCCCCCC3=C2N1C1=C(B3)CCCCCCC1. The van der Waals surface area contributed by atoms with Crippen LogP contribution in [0.5, 0.6) is 0 Å². The predicted molar refractivity (Wildman–Crippen MR) is 148 cm³/mol. The first kappa shape index (κ1) is 24.8. The van der Waals surface area contributed by atoms with Gasteiger partial charge in [-0.1, -0.05) is 126 Å². The molecule has 0 aromatic rings. The fourth-order valence-electron chi connectivity index (χ4n) is 8.21. The standard InChI is InChI=1S/C30H49B2NO/c34-30-23-17-11-5-1-2-6-12-18-24(23)31-26-20-14-8-3-9-15-21-27-29(26)33(30)28-22-16-10-4-7-13-19-25(28)32-27/h23-24,26,31-32H,1-22H2. The molecule has 1 amide bonds. The molecule has 2 heterocycles. The van der Waals surface area contributed by atoms with Crippen LogP contribution < -0.4 is 0 Å². The van der Waals surface area contributed by atoms with E-state index in [2.05, 4.69) is 4.90 Å². The summed E-state index contributed by atoms with van der Waals surface area (Å²) in [4.78, 5) is 17.1. The summed E-state index contributed by atoms with van der Waals surface area (Å²) < 4.78 is 0. The van der Waals surface area contributed by atoms with Gasteiger partial charge in [0.1, 0.15) is 7.28 Å². The summed E-state index contributed by atoms with van der Waals surface area (Å²) in [5.74, 6) is 2.09. The number of amides is 1. The Kier molecular flexibility index (Phi) is 9.00. The molecule has 0 aromatic carbocycles. The topological polar surface area (TPSA) is 20.3 Å². The molecule has 3 atom stereocenters. The van der Waals surface area contributed by atoms with E-state index in [1.165, 1.54) is 149 Å². The molecule has 1 saturated heterocycles. The number of rotatable bonds is 0. The lowest BCUT2D eigenvalue weighted by atomic mass is 9.46. The third-order valence-electron chi connectivity index (χ3n) is 10.1. The van der Waals surface area contributed by atoms with Gasteiger partial charge in [-0.3, -0.25) is 9.69 Å². The average molecular weight is 461 g/mol. The van der Waals surface area contributed by atoms with Crippen LogP contribution in [0.25, 0.3) is 0 Å². The molecule has 0 radical (unpaired) electrons. The van der Waals surface area contributed by atoms with Crippen LogP contribution in [-0.2, 0) is 4.79 Å². The second kappa shape index (κ2) is 12.4. The zero-order valence-electron chi connectivity index (χ0n) is 22.1. The molecule has 0 bridgehead atoms. The first-order valence-corrected chi connectivity index (χ1v) is 15.6. The van der Waals surface area contributed by atoms with Gasteiger partial charge < -0.3 is 0 Å². The van der Waals surface area contributed by atoms with E-state index < -0.39 is 0 Å². The Morgan fingerprint density at radius 3 is 1.88 bits per heavy atom. The van der Waals surface area contributed by atoms with Crippen molar-refractivity contribution in [1.29, 1.82) is 0 Å². The largest absolute Gasteiger partial charge is 0.291 e. The van der Waals surface area contributed by atoms with Crippen molar-refractivity contribution < 1.29 is 4.79 Å². The molecule has 2 fully saturated rings. The highest BCUT2D eigenvalue weighted by Crippen LogP contribution is 2.49. The fraction of sp³-hybridized carbons (Fsp3) is 0.833. The van der Waals surface area contributed by atoms with Gasteiger partial charge in [0.2, 0.25) is 5.91 Å². The van der Waals surface area contributed by atoms with Gasteiger partial charge in [-0.15, -0.1) is 0 Å². The Bertz CT molecular complexity index is 772.